The number of para-hydroxylation sites is 1. The lowest BCUT2D eigenvalue weighted by atomic mass is 9.64. The van der Waals surface area contributed by atoms with Crippen molar-refractivity contribution in [1.82, 2.24) is 0 Å². The van der Waals surface area contributed by atoms with Crippen molar-refractivity contribution in [2.45, 2.75) is 19.8 Å². The first kappa shape index (κ1) is 21.3. The first-order valence-electron chi connectivity index (χ1n) is 9.82. The normalized spacial score (nSPS) is 18.5. The van der Waals surface area contributed by atoms with Gasteiger partial charge in [-0.05, 0) is 31.5 Å². The SMILES string of the molecule is C=C(C(=O)OCC)[C@@H](c1ccccc1)[C@]1(C(=O)OCC)COc2ccccc2C1=O. The van der Waals surface area contributed by atoms with Crippen molar-refractivity contribution in [1.29, 1.82) is 0 Å². The van der Waals surface area contributed by atoms with Crippen LogP contribution in [-0.2, 0) is 19.1 Å². The lowest BCUT2D eigenvalue weighted by molar-refractivity contribution is -0.155. The van der Waals surface area contributed by atoms with Crippen molar-refractivity contribution >= 4 is 17.7 Å². The Bertz CT molecular complexity index is 965. The van der Waals surface area contributed by atoms with Gasteiger partial charge < -0.3 is 14.2 Å². The fraction of sp³-hybridized carbons (Fsp3) is 0.292. The van der Waals surface area contributed by atoms with E-state index in [2.05, 4.69) is 6.58 Å². The van der Waals surface area contributed by atoms with Crippen molar-refractivity contribution in [2.24, 2.45) is 5.41 Å². The maximum absolute atomic E-state index is 13.8. The van der Waals surface area contributed by atoms with Crippen LogP contribution in [0.25, 0.3) is 0 Å². The van der Waals surface area contributed by atoms with Crippen molar-refractivity contribution in [3.8, 4) is 5.75 Å². The van der Waals surface area contributed by atoms with E-state index in [4.69, 9.17) is 14.2 Å². The van der Waals surface area contributed by atoms with E-state index < -0.39 is 29.1 Å². The molecule has 0 N–H and O–H groups in total. The van der Waals surface area contributed by atoms with Gasteiger partial charge in [0.1, 0.15) is 12.4 Å². The first-order chi connectivity index (χ1) is 14.5. The van der Waals surface area contributed by atoms with Gasteiger partial charge in [0.25, 0.3) is 0 Å². The van der Waals surface area contributed by atoms with Gasteiger partial charge in [0.15, 0.2) is 11.2 Å². The molecule has 0 radical (unpaired) electrons. The van der Waals surface area contributed by atoms with E-state index in [1.807, 2.05) is 0 Å². The second kappa shape index (κ2) is 8.95. The highest BCUT2D eigenvalue weighted by Gasteiger charge is 2.59. The van der Waals surface area contributed by atoms with E-state index in [-0.39, 0.29) is 31.0 Å². The van der Waals surface area contributed by atoms with Crippen LogP contribution in [0.2, 0.25) is 0 Å². The lowest BCUT2D eigenvalue weighted by Gasteiger charge is -2.40. The van der Waals surface area contributed by atoms with Gasteiger partial charge in [0.05, 0.1) is 18.8 Å². The van der Waals surface area contributed by atoms with Gasteiger partial charge in [-0.3, -0.25) is 9.59 Å². The van der Waals surface area contributed by atoms with Gasteiger partial charge in [-0.1, -0.05) is 49.0 Å². The number of ether oxygens (including phenoxy) is 3. The summed E-state index contributed by atoms with van der Waals surface area (Å²) in [5, 5.41) is 0. The Morgan fingerprint density at radius 1 is 1.03 bits per heavy atom. The third-order valence-corrected chi connectivity index (χ3v) is 5.14. The van der Waals surface area contributed by atoms with E-state index >= 15 is 0 Å². The average molecular weight is 408 g/mol. The van der Waals surface area contributed by atoms with Gasteiger partial charge in [-0.15, -0.1) is 0 Å². The minimum atomic E-state index is -1.81. The highest BCUT2D eigenvalue weighted by molar-refractivity contribution is 6.16. The smallest absolute Gasteiger partial charge is 0.334 e. The molecule has 6 heteroatoms. The summed E-state index contributed by atoms with van der Waals surface area (Å²) in [4.78, 5) is 39.8. The molecule has 2 atom stereocenters. The summed E-state index contributed by atoms with van der Waals surface area (Å²) < 4.78 is 16.3. The van der Waals surface area contributed by atoms with Crippen LogP contribution in [0.1, 0.15) is 35.7 Å². The Labute approximate surface area is 175 Å². The van der Waals surface area contributed by atoms with Crippen LogP contribution in [0, 0.1) is 5.41 Å². The Balaban J connectivity index is 2.23. The molecule has 0 saturated carbocycles. The minimum absolute atomic E-state index is 0.00701. The summed E-state index contributed by atoms with van der Waals surface area (Å²) in [6.07, 6.45) is 0. The second-order valence-electron chi connectivity index (χ2n) is 6.90. The highest BCUT2D eigenvalue weighted by Crippen LogP contribution is 2.48. The zero-order valence-corrected chi connectivity index (χ0v) is 17.1. The summed E-state index contributed by atoms with van der Waals surface area (Å²) in [6, 6.07) is 15.5. The average Bonchev–Trinajstić information content (AvgIpc) is 2.76. The van der Waals surface area contributed by atoms with Crippen LogP contribution < -0.4 is 4.74 Å². The molecule has 0 spiro atoms. The maximum atomic E-state index is 13.8. The molecule has 3 rings (SSSR count). The molecule has 0 saturated heterocycles. The number of benzene rings is 2. The third-order valence-electron chi connectivity index (χ3n) is 5.14. The molecule has 30 heavy (non-hydrogen) atoms. The van der Waals surface area contributed by atoms with Gasteiger partial charge in [0, 0.05) is 11.5 Å². The summed E-state index contributed by atoms with van der Waals surface area (Å²) in [6.45, 7) is 7.18. The van der Waals surface area contributed by atoms with Crippen LogP contribution in [0.3, 0.4) is 0 Å². The molecule has 2 aromatic rings. The van der Waals surface area contributed by atoms with E-state index in [1.54, 1.807) is 68.4 Å². The van der Waals surface area contributed by atoms with Crippen molar-refractivity contribution in [2.75, 3.05) is 19.8 Å². The molecule has 1 aliphatic rings. The molecule has 1 aliphatic heterocycles. The monoisotopic (exact) mass is 408 g/mol. The minimum Gasteiger partial charge on any atom is -0.491 e. The highest BCUT2D eigenvalue weighted by atomic mass is 16.5. The Morgan fingerprint density at radius 2 is 1.67 bits per heavy atom. The fourth-order valence-corrected chi connectivity index (χ4v) is 3.79. The number of hydrogen-bond acceptors (Lipinski definition) is 6. The van der Waals surface area contributed by atoms with Crippen LogP contribution in [0.4, 0.5) is 0 Å². The predicted octanol–water partition coefficient (Wildman–Crippen LogP) is 3.71. The molecule has 0 fully saturated rings. The number of rotatable bonds is 7. The summed E-state index contributed by atoms with van der Waals surface area (Å²) in [5.41, 5.74) is -0.989. The molecule has 0 aliphatic carbocycles. The number of ketones is 1. The van der Waals surface area contributed by atoms with E-state index in [0.717, 1.165) is 0 Å². The lowest BCUT2D eigenvalue weighted by Crippen LogP contribution is -2.53. The molecular weight excluding hydrogens is 384 g/mol. The number of Topliss-reactive ketones (excluding diaryl/α,β-unsaturated/α-hetero) is 1. The molecule has 6 nitrogen and oxygen atoms in total. The number of carbonyl (C=O) groups is 3. The molecule has 1 heterocycles. The van der Waals surface area contributed by atoms with Crippen LogP contribution in [0.5, 0.6) is 5.75 Å². The third kappa shape index (κ3) is 3.61. The number of esters is 2. The van der Waals surface area contributed by atoms with E-state index in [1.165, 1.54) is 0 Å². The number of fused-ring (bicyclic) bond motifs is 1. The predicted molar refractivity (Wildman–Crippen MR) is 110 cm³/mol. The molecule has 0 aromatic heterocycles. The van der Waals surface area contributed by atoms with Gasteiger partial charge in [0.2, 0.25) is 0 Å². The quantitative estimate of drug-likeness (QED) is 0.395. The largest absolute Gasteiger partial charge is 0.491 e. The fourth-order valence-electron chi connectivity index (χ4n) is 3.79. The van der Waals surface area contributed by atoms with Gasteiger partial charge >= 0.3 is 11.9 Å². The van der Waals surface area contributed by atoms with Crippen LogP contribution >= 0.6 is 0 Å². The van der Waals surface area contributed by atoms with Crippen molar-refractivity contribution in [3.63, 3.8) is 0 Å². The van der Waals surface area contributed by atoms with Crippen molar-refractivity contribution in [3.05, 3.63) is 77.9 Å². The molecule has 0 amide bonds. The van der Waals surface area contributed by atoms with E-state index in [0.29, 0.717) is 11.3 Å². The summed E-state index contributed by atoms with van der Waals surface area (Å²) in [7, 11) is 0. The second-order valence-corrected chi connectivity index (χ2v) is 6.90. The zero-order valence-electron chi connectivity index (χ0n) is 17.1. The summed E-state index contributed by atoms with van der Waals surface area (Å²) >= 11 is 0. The number of carbonyl (C=O) groups excluding carboxylic acids is 3. The Kier molecular flexibility index (Phi) is 6.35. The van der Waals surface area contributed by atoms with Crippen LogP contribution in [-0.4, -0.2) is 37.5 Å². The Morgan fingerprint density at radius 3 is 2.33 bits per heavy atom. The van der Waals surface area contributed by atoms with Gasteiger partial charge in [-0.25, -0.2) is 4.79 Å². The number of hydrogen-bond donors (Lipinski definition) is 0. The topological polar surface area (TPSA) is 78.9 Å². The Hall–Kier alpha value is -3.41. The zero-order chi connectivity index (χ0) is 21.7. The standard InChI is InChI=1S/C24H24O6/c1-4-28-22(26)16(3)20(17-11-7-6-8-12-17)24(23(27)29-5-2)15-30-19-14-10-9-13-18(19)21(24)25/h6-14,20H,3-5,15H2,1-2H3/t20-,24+/m0/s1. The van der Waals surface area contributed by atoms with Crippen molar-refractivity contribution < 1.29 is 28.6 Å². The van der Waals surface area contributed by atoms with Gasteiger partial charge in [-0.2, -0.15) is 0 Å². The molecule has 0 unspecified atom stereocenters. The van der Waals surface area contributed by atoms with E-state index in [9.17, 15) is 14.4 Å². The molecule has 2 aromatic carbocycles. The van der Waals surface area contributed by atoms with Crippen LogP contribution in [0.15, 0.2) is 66.7 Å². The molecular formula is C24H24O6. The molecule has 156 valence electrons. The summed E-state index contributed by atoms with van der Waals surface area (Å²) in [5.74, 6) is -2.54. The maximum Gasteiger partial charge on any atom is 0.334 e. The molecule has 0 bridgehead atoms. The first-order valence-corrected chi connectivity index (χ1v) is 9.82.